The number of azide groups is 1. The molecule has 2 aliphatic heterocycles. The number of hydrogen-bond acceptors (Lipinski definition) is 10. The van der Waals surface area contributed by atoms with Gasteiger partial charge in [0.15, 0.2) is 18.7 Å². The van der Waals surface area contributed by atoms with Crippen molar-refractivity contribution in [2.24, 2.45) is 17.0 Å². The molecule has 0 N–H and O–H groups in total. The average Bonchev–Trinajstić information content (AvgIpc) is 2.94. The number of Topliss-reactive ketones (excluding diaryl/α,β-unsaturated/α-hetero) is 1. The van der Waals surface area contributed by atoms with E-state index < -0.39 is 67.0 Å². The van der Waals surface area contributed by atoms with Crippen molar-refractivity contribution in [1.29, 1.82) is 0 Å². The number of rotatable bonds is 11. The van der Waals surface area contributed by atoms with E-state index in [1.165, 1.54) is 14.0 Å². The molecule has 2 fully saturated rings. The number of methoxy groups -OCH3 is 1. The van der Waals surface area contributed by atoms with E-state index >= 15 is 0 Å². The number of carbonyl (C=O) groups is 3. The Balaban J connectivity index is 1.88. The van der Waals surface area contributed by atoms with Gasteiger partial charge in [-0.1, -0.05) is 44.1 Å². The SMILES string of the molecule is CCC1O[C@H](OC)C(N=[N+]=[N-])[C@@H](C)[C@@H]1O[C@H]1OC(C)[C@@H](OC(=O)CCC(C)=O)[C@H](C)C1OC(=O)c1ccccc1. The van der Waals surface area contributed by atoms with Crippen molar-refractivity contribution in [2.75, 3.05) is 7.11 Å². The number of hydrogen-bond donors (Lipinski definition) is 0. The van der Waals surface area contributed by atoms with E-state index in [0.717, 1.165) is 0 Å². The Morgan fingerprint density at radius 2 is 1.65 bits per heavy atom. The summed E-state index contributed by atoms with van der Waals surface area (Å²) in [5.74, 6) is -2.11. The molecule has 3 rings (SSSR count). The topological polar surface area (TPSA) is 155 Å². The standard InChI is InChI=1S/C28H39N3O9/c1-7-20-24(16(3)22(30-31-29)27(35-6)37-20)40-28-25(39-26(34)19-11-9-8-10-12-19)17(4)23(18(5)36-28)38-21(33)14-13-15(2)32/h8-12,16-18,20,22-25,27-28H,7,13-14H2,1-6H3/t16-,17+,18?,20?,22?,23+,24+,25?,27+,28-/m1/s1. The third kappa shape index (κ3) is 7.58. The van der Waals surface area contributed by atoms with E-state index in [1.54, 1.807) is 44.2 Å². The van der Waals surface area contributed by atoms with E-state index in [1.807, 2.05) is 13.8 Å². The van der Waals surface area contributed by atoms with E-state index in [4.69, 9.17) is 34.0 Å². The summed E-state index contributed by atoms with van der Waals surface area (Å²) in [7, 11) is 1.48. The van der Waals surface area contributed by atoms with Crippen molar-refractivity contribution in [3.8, 4) is 0 Å². The number of ether oxygens (including phenoxy) is 6. The fraction of sp³-hybridized carbons (Fsp3) is 0.679. The lowest BCUT2D eigenvalue weighted by Gasteiger charge is -2.48. The van der Waals surface area contributed by atoms with Gasteiger partial charge in [-0.3, -0.25) is 4.79 Å². The van der Waals surface area contributed by atoms with Crippen molar-refractivity contribution >= 4 is 17.7 Å². The summed E-state index contributed by atoms with van der Waals surface area (Å²) < 4.78 is 35.8. The van der Waals surface area contributed by atoms with Crippen LogP contribution < -0.4 is 0 Å². The van der Waals surface area contributed by atoms with Gasteiger partial charge in [0.1, 0.15) is 11.9 Å². The summed E-state index contributed by atoms with van der Waals surface area (Å²) in [5, 5.41) is 3.88. The molecule has 2 aliphatic rings. The summed E-state index contributed by atoms with van der Waals surface area (Å²) in [6.07, 6.45) is -4.56. The average molecular weight is 562 g/mol. The highest BCUT2D eigenvalue weighted by Crippen LogP contribution is 2.37. The number of nitrogens with zero attached hydrogens (tertiary/aromatic N) is 3. The number of carbonyl (C=O) groups excluding carboxylic acids is 3. The van der Waals surface area contributed by atoms with Crippen LogP contribution in [0.2, 0.25) is 0 Å². The highest BCUT2D eigenvalue weighted by atomic mass is 16.7. The monoisotopic (exact) mass is 561 g/mol. The maximum Gasteiger partial charge on any atom is 0.338 e. The molecular weight excluding hydrogens is 522 g/mol. The first kappa shape index (κ1) is 31.5. The van der Waals surface area contributed by atoms with Gasteiger partial charge in [0, 0.05) is 24.4 Å². The first-order chi connectivity index (χ1) is 19.1. The van der Waals surface area contributed by atoms with Crippen LogP contribution in [0.5, 0.6) is 0 Å². The van der Waals surface area contributed by atoms with Crippen molar-refractivity contribution in [2.45, 2.75) is 103 Å². The fourth-order valence-corrected chi connectivity index (χ4v) is 5.18. The molecule has 0 spiro atoms. The van der Waals surface area contributed by atoms with Crippen LogP contribution >= 0.6 is 0 Å². The summed E-state index contributed by atoms with van der Waals surface area (Å²) >= 11 is 0. The van der Waals surface area contributed by atoms with E-state index in [9.17, 15) is 14.4 Å². The Bertz CT molecular complexity index is 1060. The van der Waals surface area contributed by atoms with Crippen molar-refractivity contribution in [1.82, 2.24) is 0 Å². The number of benzene rings is 1. The third-order valence-electron chi connectivity index (χ3n) is 7.44. The van der Waals surface area contributed by atoms with Gasteiger partial charge in [0.05, 0.1) is 36.3 Å². The Hall–Kier alpha value is -3.02. The predicted octanol–water partition coefficient (Wildman–Crippen LogP) is 4.36. The normalized spacial score (nSPS) is 33.9. The summed E-state index contributed by atoms with van der Waals surface area (Å²) in [5.41, 5.74) is 9.47. The quantitative estimate of drug-likeness (QED) is 0.166. The molecule has 0 radical (unpaired) electrons. The maximum absolute atomic E-state index is 13.1. The summed E-state index contributed by atoms with van der Waals surface area (Å²) in [6, 6.07) is 7.84. The minimum atomic E-state index is -1.04. The van der Waals surface area contributed by atoms with E-state index in [-0.39, 0.29) is 24.5 Å². The molecule has 12 heteroatoms. The van der Waals surface area contributed by atoms with Crippen LogP contribution in [-0.2, 0) is 38.0 Å². The lowest BCUT2D eigenvalue weighted by Crippen LogP contribution is -2.60. The zero-order valence-corrected chi connectivity index (χ0v) is 23.8. The van der Waals surface area contributed by atoms with Crippen LogP contribution in [0.4, 0.5) is 0 Å². The molecule has 0 aliphatic carbocycles. The molecule has 220 valence electrons. The molecule has 12 nitrogen and oxygen atoms in total. The van der Waals surface area contributed by atoms with Crippen LogP contribution in [0.1, 0.15) is 64.2 Å². The van der Waals surface area contributed by atoms with Gasteiger partial charge in [-0.05, 0) is 43.9 Å². The van der Waals surface area contributed by atoms with Gasteiger partial charge in [-0.15, -0.1) is 0 Å². The number of esters is 2. The molecule has 10 atom stereocenters. The Morgan fingerprint density at radius 1 is 0.950 bits per heavy atom. The Labute approximate surface area is 234 Å². The molecule has 1 aromatic carbocycles. The van der Waals surface area contributed by atoms with Crippen molar-refractivity contribution in [3.63, 3.8) is 0 Å². The molecule has 1 aromatic rings. The largest absolute Gasteiger partial charge is 0.459 e. The van der Waals surface area contributed by atoms with Gasteiger partial charge in [0.2, 0.25) is 0 Å². The maximum atomic E-state index is 13.1. The Morgan fingerprint density at radius 3 is 2.25 bits per heavy atom. The lowest BCUT2D eigenvalue weighted by molar-refractivity contribution is -0.327. The summed E-state index contributed by atoms with van der Waals surface area (Å²) in [6.45, 7) is 8.76. The van der Waals surface area contributed by atoms with Crippen LogP contribution in [0.25, 0.3) is 10.4 Å². The highest BCUT2D eigenvalue weighted by molar-refractivity contribution is 5.89. The second kappa shape index (κ2) is 14.6. The first-order valence-electron chi connectivity index (χ1n) is 13.6. The third-order valence-corrected chi connectivity index (χ3v) is 7.44. The van der Waals surface area contributed by atoms with E-state index in [0.29, 0.717) is 12.0 Å². The summed E-state index contributed by atoms with van der Waals surface area (Å²) in [4.78, 5) is 39.9. The first-order valence-corrected chi connectivity index (χ1v) is 13.6. The van der Waals surface area contributed by atoms with Gasteiger partial charge < -0.3 is 33.2 Å². The molecule has 2 saturated heterocycles. The minimum absolute atomic E-state index is 0.0593. The van der Waals surface area contributed by atoms with Crippen LogP contribution in [0.15, 0.2) is 35.4 Å². The van der Waals surface area contributed by atoms with Crippen molar-refractivity contribution < 1.29 is 42.8 Å². The molecule has 0 saturated carbocycles. The van der Waals surface area contributed by atoms with Crippen LogP contribution in [-0.4, -0.2) is 74.0 Å². The molecule has 0 amide bonds. The van der Waals surface area contributed by atoms with Crippen LogP contribution in [0.3, 0.4) is 0 Å². The van der Waals surface area contributed by atoms with Gasteiger partial charge >= 0.3 is 11.9 Å². The zero-order chi connectivity index (χ0) is 29.4. The minimum Gasteiger partial charge on any atom is -0.459 e. The lowest BCUT2D eigenvalue weighted by atomic mass is 9.87. The smallest absolute Gasteiger partial charge is 0.338 e. The van der Waals surface area contributed by atoms with Crippen LogP contribution in [0, 0.1) is 11.8 Å². The molecular formula is C28H39N3O9. The predicted molar refractivity (Wildman–Crippen MR) is 142 cm³/mol. The second-order valence-corrected chi connectivity index (χ2v) is 10.3. The van der Waals surface area contributed by atoms with Gasteiger partial charge in [0.25, 0.3) is 0 Å². The van der Waals surface area contributed by atoms with E-state index in [2.05, 4.69) is 10.0 Å². The molecule has 4 unspecified atom stereocenters. The molecule has 2 heterocycles. The number of ketones is 1. The second-order valence-electron chi connectivity index (χ2n) is 10.3. The molecule has 40 heavy (non-hydrogen) atoms. The fourth-order valence-electron chi connectivity index (χ4n) is 5.18. The molecule has 0 aromatic heterocycles. The van der Waals surface area contributed by atoms with Gasteiger partial charge in [-0.25, -0.2) is 4.79 Å². The Kier molecular flexibility index (Phi) is 11.5. The van der Waals surface area contributed by atoms with Gasteiger partial charge in [-0.2, -0.15) is 0 Å². The zero-order valence-electron chi connectivity index (χ0n) is 23.8. The highest BCUT2D eigenvalue weighted by Gasteiger charge is 2.51. The molecule has 0 bridgehead atoms. The van der Waals surface area contributed by atoms with Crippen molar-refractivity contribution in [3.05, 3.63) is 46.3 Å².